The maximum atomic E-state index is 12.9. The Morgan fingerprint density at radius 2 is 1.88 bits per heavy atom. The molecule has 1 fully saturated rings. The first kappa shape index (κ1) is 23.2. The molecule has 8 nitrogen and oxygen atoms in total. The Labute approximate surface area is 199 Å². The monoisotopic (exact) mass is 460 g/mol. The van der Waals surface area contributed by atoms with Crippen molar-refractivity contribution in [1.29, 1.82) is 0 Å². The SMILES string of the molecule is C#CCN(Cc1ccc(OC)cc1)c1cc(OCC2C[C@H]2c2ccc(OC)cn2)nn(C)c1=O. The molecule has 1 aliphatic rings. The number of methoxy groups -OCH3 is 2. The highest BCUT2D eigenvalue weighted by Gasteiger charge is 2.40. The molecule has 2 atom stereocenters. The molecular weight excluding hydrogens is 432 g/mol. The molecule has 34 heavy (non-hydrogen) atoms. The van der Waals surface area contributed by atoms with Crippen molar-refractivity contribution in [3.05, 3.63) is 70.3 Å². The summed E-state index contributed by atoms with van der Waals surface area (Å²) in [5.41, 5.74) is 2.25. The zero-order valence-corrected chi connectivity index (χ0v) is 19.6. The molecular formula is C26H28N4O4. The number of rotatable bonds is 10. The largest absolute Gasteiger partial charge is 0.497 e. The van der Waals surface area contributed by atoms with Gasteiger partial charge in [0.2, 0.25) is 5.88 Å². The fourth-order valence-electron chi connectivity index (χ4n) is 3.87. The number of benzene rings is 1. The van der Waals surface area contributed by atoms with Gasteiger partial charge in [0.05, 0.1) is 33.6 Å². The standard InChI is InChI=1S/C26H28N4O4/c1-5-12-30(16-18-6-8-20(32-3)9-7-18)24-14-25(28-29(2)26(24)31)34-17-19-13-22(19)23-11-10-21(33-4)15-27-23/h1,6-11,14-15,19,22H,12-13,16-17H2,2-4H3/t19?,22-/m1/s1. The number of terminal acetylenes is 1. The molecule has 0 N–H and O–H groups in total. The van der Waals surface area contributed by atoms with Crippen molar-refractivity contribution in [2.45, 2.75) is 18.9 Å². The molecule has 1 unspecified atom stereocenters. The molecule has 0 radical (unpaired) electrons. The van der Waals surface area contributed by atoms with E-state index >= 15 is 0 Å². The van der Waals surface area contributed by atoms with Crippen LogP contribution in [0.2, 0.25) is 0 Å². The Hall–Kier alpha value is -3.99. The number of ether oxygens (including phenoxy) is 3. The number of hydrogen-bond donors (Lipinski definition) is 0. The predicted molar refractivity (Wildman–Crippen MR) is 129 cm³/mol. The van der Waals surface area contributed by atoms with E-state index in [1.165, 1.54) is 4.68 Å². The molecule has 8 heteroatoms. The minimum atomic E-state index is -0.233. The Balaban J connectivity index is 1.46. The summed E-state index contributed by atoms with van der Waals surface area (Å²) >= 11 is 0. The Kier molecular flexibility index (Phi) is 7.02. The van der Waals surface area contributed by atoms with Crippen LogP contribution in [0.3, 0.4) is 0 Å². The number of aromatic nitrogens is 3. The lowest BCUT2D eigenvalue weighted by molar-refractivity contribution is 0.278. The van der Waals surface area contributed by atoms with E-state index in [1.807, 2.05) is 41.3 Å². The van der Waals surface area contributed by atoms with Crippen LogP contribution in [0.1, 0.15) is 23.6 Å². The van der Waals surface area contributed by atoms with Gasteiger partial charge in [-0.2, -0.15) is 0 Å². The van der Waals surface area contributed by atoms with E-state index in [9.17, 15) is 4.79 Å². The number of anilines is 1. The topological polar surface area (TPSA) is 78.7 Å². The number of nitrogens with zero attached hydrogens (tertiary/aromatic N) is 4. The fraction of sp³-hybridized carbons (Fsp3) is 0.346. The lowest BCUT2D eigenvalue weighted by atomic mass is 10.2. The molecule has 4 rings (SSSR count). The van der Waals surface area contributed by atoms with Crippen molar-refractivity contribution in [3.8, 4) is 29.7 Å². The van der Waals surface area contributed by atoms with Crippen molar-refractivity contribution in [2.75, 3.05) is 32.3 Å². The van der Waals surface area contributed by atoms with Gasteiger partial charge in [-0.3, -0.25) is 9.78 Å². The van der Waals surface area contributed by atoms with Crippen molar-refractivity contribution in [2.24, 2.45) is 13.0 Å². The van der Waals surface area contributed by atoms with Crippen LogP contribution in [0.4, 0.5) is 5.69 Å². The van der Waals surface area contributed by atoms with Crippen LogP contribution in [-0.4, -0.2) is 42.1 Å². The van der Waals surface area contributed by atoms with Gasteiger partial charge in [-0.25, -0.2) is 4.68 Å². The van der Waals surface area contributed by atoms with Gasteiger partial charge in [0.25, 0.3) is 5.56 Å². The summed E-state index contributed by atoms with van der Waals surface area (Å²) in [7, 11) is 4.86. The van der Waals surface area contributed by atoms with Gasteiger partial charge >= 0.3 is 0 Å². The number of pyridine rings is 1. The quantitative estimate of drug-likeness (QED) is 0.431. The van der Waals surface area contributed by atoms with Crippen LogP contribution in [0.5, 0.6) is 17.4 Å². The van der Waals surface area contributed by atoms with Crippen LogP contribution in [0, 0.1) is 18.3 Å². The van der Waals surface area contributed by atoms with Gasteiger partial charge in [-0.1, -0.05) is 18.1 Å². The third-order valence-corrected chi connectivity index (χ3v) is 5.92. The minimum Gasteiger partial charge on any atom is -0.497 e. The van der Waals surface area contributed by atoms with Crippen LogP contribution < -0.4 is 24.7 Å². The van der Waals surface area contributed by atoms with Gasteiger partial charge in [-0.15, -0.1) is 11.5 Å². The highest BCUT2D eigenvalue weighted by atomic mass is 16.5. The molecule has 0 bridgehead atoms. The average Bonchev–Trinajstić information content (AvgIpc) is 3.64. The molecule has 3 aromatic rings. The maximum Gasteiger partial charge on any atom is 0.290 e. The van der Waals surface area contributed by atoms with Crippen LogP contribution in [0.15, 0.2) is 53.5 Å². The summed E-state index contributed by atoms with van der Waals surface area (Å²) in [6.07, 6.45) is 8.34. The summed E-state index contributed by atoms with van der Waals surface area (Å²) in [5.74, 6) is 5.25. The number of hydrogen-bond acceptors (Lipinski definition) is 7. The van der Waals surface area contributed by atoms with E-state index in [2.05, 4.69) is 16.0 Å². The first-order valence-corrected chi connectivity index (χ1v) is 11.0. The smallest absolute Gasteiger partial charge is 0.290 e. The first-order chi connectivity index (χ1) is 16.5. The van der Waals surface area contributed by atoms with Gasteiger partial charge < -0.3 is 19.1 Å². The summed E-state index contributed by atoms with van der Waals surface area (Å²) in [4.78, 5) is 19.2. The minimum absolute atomic E-state index is 0.233. The summed E-state index contributed by atoms with van der Waals surface area (Å²) in [6.45, 7) is 1.25. The van der Waals surface area contributed by atoms with Gasteiger partial charge in [0, 0.05) is 37.2 Å². The second-order valence-corrected chi connectivity index (χ2v) is 8.24. The predicted octanol–water partition coefficient (Wildman–Crippen LogP) is 3.01. The van der Waals surface area contributed by atoms with Crippen LogP contribution in [0.25, 0.3) is 0 Å². The van der Waals surface area contributed by atoms with Crippen molar-refractivity contribution < 1.29 is 14.2 Å². The van der Waals surface area contributed by atoms with E-state index < -0.39 is 0 Å². The van der Waals surface area contributed by atoms with Gasteiger partial charge in [0.15, 0.2) is 0 Å². The van der Waals surface area contributed by atoms with Crippen molar-refractivity contribution >= 4 is 5.69 Å². The van der Waals surface area contributed by atoms with E-state index in [4.69, 9.17) is 20.6 Å². The van der Waals surface area contributed by atoms with Crippen molar-refractivity contribution in [1.82, 2.24) is 14.8 Å². The molecule has 2 aromatic heterocycles. The fourth-order valence-corrected chi connectivity index (χ4v) is 3.87. The molecule has 176 valence electrons. The lowest BCUT2D eigenvalue weighted by Gasteiger charge is -2.22. The summed E-state index contributed by atoms with van der Waals surface area (Å²) in [6, 6.07) is 13.2. The van der Waals surface area contributed by atoms with E-state index in [0.717, 1.165) is 29.2 Å². The second kappa shape index (κ2) is 10.3. The highest BCUT2D eigenvalue weighted by Crippen LogP contribution is 2.46. The molecule has 0 aliphatic heterocycles. The molecule has 1 aliphatic carbocycles. The lowest BCUT2D eigenvalue weighted by Crippen LogP contribution is -2.32. The third-order valence-electron chi connectivity index (χ3n) is 5.92. The molecule has 2 heterocycles. The zero-order chi connectivity index (χ0) is 24.1. The third kappa shape index (κ3) is 5.31. The Morgan fingerprint density at radius 1 is 1.15 bits per heavy atom. The van der Waals surface area contributed by atoms with E-state index in [-0.39, 0.29) is 12.1 Å². The van der Waals surface area contributed by atoms with Crippen LogP contribution >= 0.6 is 0 Å². The normalized spacial score (nSPS) is 16.4. The number of aryl methyl sites for hydroxylation is 1. The summed E-state index contributed by atoms with van der Waals surface area (Å²) < 4.78 is 17.7. The Morgan fingerprint density at radius 3 is 2.53 bits per heavy atom. The summed E-state index contributed by atoms with van der Waals surface area (Å²) in [5, 5.41) is 4.28. The first-order valence-electron chi connectivity index (χ1n) is 11.0. The molecule has 1 saturated carbocycles. The van der Waals surface area contributed by atoms with E-state index in [0.29, 0.717) is 36.6 Å². The zero-order valence-electron chi connectivity index (χ0n) is 19.6. The van der Waals surface area contributed by atoms with E-state index in [1.54, 1.807) is 33.5 Å². The maximum absolute atomic E-state index is 12.9. The highest BCUT2D eigenvalue weighted by molar-refractivity contribution is 5.48. The second-order valence-electron chi connectivity index (χ2n) is 8.24. The molecule has 0 amide bonds. The average molecular weight is 461 g/mol. The van der Waals surface area contributed by atoms with Crippen LogP contribution in [-0.2, 0) is 13.6 Å². The molecule has 1 aromatic carbocycles. The van der Waals surface area contributed by atoms with Gasteiger partial charge in [-0.05, 0) is 36.2 Å². The molecule has 0 saturated heterocycles. The molecule has 0 spiro atoms. The van der Waals surface area contributed by atoms with Crippen molar-refractivity contribution in [3.63, 3.8) is 0 Å². The van der Waals surface area contributed by atoms with Gasteiger partial charge in [0.1, 0.15) is 17.2 Å². The Bertz CT molecular complexity index is 1220.